The molecule has 1 aliphatic heterocycles. The number of pyridine rings is 1. The van der Waals surface area contributed by atoms with Gasteiger partial charge in [0.05, 0.1) is 0 Å². The summed E-state index contributed by atoms with van der Waals surface area (Å²) < 4.78 is 0. The van der Waals surface area contributed by atoms with Crippen molar-refractivity contribution in [1.82, 2.24) is 14.8 Å². The van der Waals surface area contributed by atoms with E-state index in [1.165, 1.54) is 31.5 Å². The van der Waals surface area contributed by atoms with Gasteiger partial charge in [0.1, 0.15) is 0 Å². The molecule has 0 aromatic carbocycles. The molecule has 1 aromatic heterocycles. The van der Waals surface area contributed by atoms with Crippen LogP contribution in [0.1, 0.15) is 24.4 Å². The Hall–Kier alpha value is -0.970. The molecular weight excluding hydrogens is 224 g/mol. The summed E-state index contributed by atoms with van der Waals surface area (Å²) >= 11 is 0. The van der Waals surface area contributed by atoms with Gasteiger partial charge in [0.15, 0.2) is 0 Å². The second-order valence-electron chi connectivity index (χ2n) is 5.34. The molecule has 1 unspecified atom stereocenters. The Labute approximate surface area is 109 Å². The van der Waals surface area contributed by atoms with Gasteiger partial charge in [0.2, 0.25) is 0 Å². The van der Waals surface area contributed by atoms with E-state index >= 15 is 0 Å². The lowest BCUT2D eigenvalue weighted by Crippen LogP contribution is -2.49. The SMILES string of the molecule is NCC(c1cccnc1)N1CCN(C2CC2)CC1. The van der Waals surface area contributed by atoms with Gasteiger partial charge < -0.3 is 5.73 Å². The van der Waals surface area contributed by atoms with Gasteiger partial charge in [-0.25, -0.2) is 0 Å². The molecule has 0 spiro atoms. The van der Waals surface area contributed by atoms with Crippen molar-refractivity contribution in [2.45, 2.75) is 24.9 Å². The van der Waals surface area contributed by atoms with Crippen LogP contribution in [0.2, 0.25) is 0 Å². The van der Waals surface area contributed by atoms with Crippen molar-refractivity contribution in [3.8, 4) is 0 Å². The summed E-state index contributed by atoms with van der Waals surface area (Å²) in [5, 5.41) is 0. The third-order valence-corrected chi connectivity index (χ3v) is 4.15. The van der Waals surface area contributed by atoms with E-state index < -0.39 is 0 Å². The molecule has 1 atom stereocenters. The third kappa shape index (κ3) is 2.55. The Balaban J connectivity index is 1.62. The first-order valence-electron chi connectivity index (χ1n) is 6.96. The van der Waals surface area contributed by atoms with Crippen LogP contribution in [0.5, 0.6) is 0 Å². The van der Waals surface area contributed by atoms with E-state index in [-0.39, 0.29) is 0 Å². The highest BCUT2D eigenvalue weighted by molar-refractivity contribution is 5.15. The molecule has 1 aliphatic carbocycles. The summed E-state index contributed by atoms with van der Waals surface area (Å²) in [6.07, 6.45) is 6.58. The number of piperazine rings is 1. The molecule has 1 saturated carbocycles. The first-order valence-corrected chi connectivity index (χ1v) is 6.96. The number of aromatic nitrogens is 1. The van der Waals surface area contributed by atoms with Crippen LogP contribution in [0.3, 0.4) is 0 Å². The number of rotatable bonds is 4. The minimum atomic E-state index is 0.333. The second-order valence-corrected chi connectivity index (χ2v) is 5.34. The zero-order valence-electron chi connectivity index (χ0n) is 10.8. The standard InChI is InChI=1S/C14H22N4/c15-10-14(12-2-1-5-16-11-12)18-8-6-17(7-9-18)13-3-4-13/h1-2,5,11,13-14H,3-4,6-10,15H2. The first-order chi connectivity index (χ1) is 8.88. The maximum absolute atomic E-state index is 5.96. The number of hydrogen-bond donors (Lipinski definition) is 1. The van der Waals surface area contributed by atoms with Crippen molar-refractivity contribution in [3.63, 3.8) is 0 Å². The number of nitrogens with zero attached hydrogens (tertiary/aromatic N) is 3. The zero-order chi connectivity index (χ0) is 12.4. The monoisotopic (exact) mass is 246 g/mol. The summed E-state index contributed by atoms with van der Waals surface area (Å²) in [7, 11) is 0. The predicted octanol–water partition coefficient (Wildman–Crippen LogP) is 0.861. The minimum absolute atomic E-state index is 0.333. The molecule has 0 radical (unpaired) electrons. The summed E-state index contributed by atoms with van der Waals surface area (Å²) in [4.78, 5) is 9.35. The lowest BCUT2D eigenvalue weighted by molar-refractivity contribution is 0.0937. The average molecular weight is 246 g/mol. The van der Waals surface area contributed by atoms with E-state index in [1.54, 1.807) is 0 Å². The fraction of sp³-hybridized carbons (Fsp3) is 0.643. The van der Waals surface area contributed by atoms with E-state index in [0.717, 1.165) is 19.1 Å². The Morgan fingerprint density at radius 1 is 1.28 bits per heavy atom. The quantitative estimate of drug-likeness (QED) is 0.856. The summed E-state index contributed by atoms with van der Waals surface area (Å²) in [6.45, 7) is 5.33. The Morgan fingerprint density at radius 2 is 2.06 bits per heavy atom. The fourth-order valence-electron chi connectivity index (χ4n) is 2.92. The average Bonchev–Trinajstić information content (AvgIpc) is 3.26. The maximum atomic E-state index is 5.96. The fourth-order valence-corrected chi connectivity index (χ4v) is 2.92. The van der Waals surface area contributed by atoms with E-state index in [2.05, 4.69) is 20.9 Å². The van der Waals surface area contributed by atoms with Gasteiger partial charge in [-0.15, -0.1) is 0 Å². The van der Waals surface area contributed by atoms with Crippen molar-refractivity contribution in [1.29, 1.82) is 0 Å². The van der Waals surface area contributed by atoms with Gasteiger partial charge in [-0.3, -0.25) is 14.8 Å². The molecule has 2 aliphatic rings. The van der Waals surface area contributed by atoms with Gasteiger partial charge >= 0.3 is 0 Å². The van der Waals surface area contributed by atoms with E-state index in [0.29, 0.717) is 12.6 Å². The van der Waals surface area contributed by atoms with Crippen molar-refractivity contribution in [3.05, 3.63) is 30.1 Å². The topological polar surface area (TPSA) is 45.4 Å². The molecule has 2 fully saturated rings. The van der Waals surface area contributed by atoms with E-state index in [9.17, 15) is 0 Å². The van der Waals surface area contributed by atoms with Crippen LogP contribution in [0.25, 0.3) is 0 Å². The lowest BCUT2D eigenvalue weighted by atomic mass is 10.1. The van der Waals surface area contributed by atoms with Gasteiger partial charge in [0, 0.05) is 57.2 Å². The minimum Gasteiger partial charge on any atom is -0.329 e. The van der Waals surface area contributed by atoms with Crippen molar-refractivity contribution >= 4 is 0 Å². The normalized spacial score (nSPS) is 24.1. The molecule has 1 saturated heterocycles. The van der Waals surface area contributed by atoms with Crippen LogP contribution in [-0.4, -0.2) is 53.5 Å². The van der Waals surface area contributed by atoms with Crippen LogP contribution in [0.4, 0.5) is 0 Å². The first kappa shape index (κ1) is 12.1. The summed E-state index contributed by atoms with van der Waals surface area (Å²) in [5.74, 6) is 0. The smallest absolute Gasteiger partial charge is 0.0486 e. The molecule has 2 N–H and O–H groups in total. The zero-order valence-corrected chi connectivity index (χ0v) is 10.8. The Kier molecular flexibility index (Phi) is 3.59. The molecule has 4 nitrogen and oxygen atoms in total. The second kappa shape index (κ2) is 5.34. The van der Waals surface area contributed by atoms with Crippen molar-refractivity contribution in [2.24, 2.45) is 5.73 Å². The van der Waals surface area contributed by atoms with Crippen molar-refractivity contribution < 1.29 is 0 Å². The molecule has 98 valence electrons. The molecule has 0 bridgehead atoms. The molecule has 18 heavy (non-hydrogen) atoms. The highest BCUT2D eigenvalue weighted by Crippen LogP contribution is 2.29. The molecule has 4 heteroatoms. The summed E-state index contributed by atoms with van der Waals surface area (Å²) in [6, 6.07) is 5.36. The van der Waals surface area contributed by atoms with Crippen LogP contribution in [0, 0.1) is 0 Å². The maximum Gasteiger partial charge on any atom is 0.0486 e. The third-order valence-electron chi connectivity index (χ3n) is 4.15. The molecule has 1 aromatic rings. The lowest BCUT2D eigenvalue weighted by Gasteiger charge is -2.39. The molecule has 3 rings (SSSR count). The highest BCUT2D eigenvalue weighted by Gasteiger charge is 2.32. The van der Waals surface area contributed by atoms with Gasteiger partial charge in [-0.2, -0.15) is 0 Å². The molecule has 2 heterocycles. The Morgan fingerprint density at radius 3 is 2.61 bits per heavy atom. The Bertz CT molecular complexity index is 369. The van der Waals surface area contributed by atoms with Crippen LogP contribution < -0.4 is 5.73 Å². The van der Waals surface area contributed by atoms with E-state index in [1.807, 2.05) is 18.5 Å². The predicted molar refractivity (Wildman–Crippen MR) is 72.2 cm³/mol. The van der Waals surface area contributed by atoms with Gasteiger partial charge in [-0.1, -0.05) is 6.07 Å². The number of nitrogens with two attached hydrogens (primary N) is 1. The largest absolute Gasteiger partial charge is 0.329 e. The van der Waals surface area contributed by atoms with E-state index in [4.69, 9.17) is 5.73 Å². The summed E-state index contributed by atoms with van der Waals surface area (Å²) in [5.41, 5.74) is 7.21. The van der Waals surface area contributed by atoms with Crippen LogP contribution in [-0.2, 0) is 0 Å². The van der Waals surface area contributed by atoms with Gasteiger partial charge in [-0.05, 0) is 24.5 Å². The van der Waals surface area contributed by atoms with Gasteiger partial charge in [0.25, 0.3) is 0 Å². The number of hydrogen-bond acceptors (Lipinski definition) is 4. The van der Waals surface area contributed by atoms with Crippen molar-refractivity contribution in [2.75, 3.05) is 32.7 Å². The van der Waals surface area contributed by atoms with Crippen LogP contribution >= 0.6 is 0 Å². The highest BCUT2D eigenvalue weighted by atomic mass is 15.3. The molecule has 0 amide bonds. The molecular formula is C14H22N4. The van der Waals surface area contributed by atoms with Crippen LogP contribution in [0.15, 0.2) is 24.5 Å².